The second-order valence-corrected chi connectivity index (χ2v) is 5.35. The Hall–Kier alpha value is 0.270. The van der Waals surface area contributed by atoms with Crippen LogP contribution >= 0.6 is 11.8 Å². The minimum atomic E-state index is 0.282. The van der Waals surface area contributed by atoms with E-state index in [-0.39, 0.29) is 6.61 Å². The molecule has 0 aromatic rings. The van der Waals surface area contributed by atoms with Gasteiger partial charge in [-0.25, -0.2) is 0 Å². The highest BCUT2D eigenvalue weighted by Crippen LogP contribution is 2.17. The lowest BCUT2D eigenvalue weighted by atomic mass is 10.0. The van der Waals surface area contributed by atoms with E-state index in [2.05, 4.69) is 33.0 Å². The minimum absolute atomic E-state index is 0.282. The van der Waals surface area contributed by atoms with Crippen LogP contribution in [0.5, 0.6) is 0 Å². The van der Waals surface area contributed by atoms with Crippen molar-refractivity contribution in [1.82, 2.24) is 5.32 Å². The van der Waals surface area contributed by atoms with Crippen molar-refractivity contribution in [1.29, 1.82) is 0 Å². The summed E-state index contributed by atoms with van der Waals surface area (Å²) in [5.74, 6) is 1.82. The highest BCUT2D eigenvalue weighted by molar-refractivity contribution is 7.99. The quantitative estimate of drug-likeness (QED) is 0.656. The smallest absolute Gasteiger partial charge is 0.0547 e. The Morgan fingerprint density at radius 1 is 1.29 bits per heavy atom. The van der Waals surface area contributed by atoms with Crippen LogP contribution in [0.4, 0.5) is 0 Å². The average molecular weight is 219 g/mol. The van der Waals surface area contributed by atoms with Crippen LogP contribution in [-0.4, -0.2) is 35.3 Å². The van der Waals surface area contributed by atoms with Crippen LogP contribution in [0, 0.1) is 5.92 Å². The highest BCUT2D eigenvalue weighted by Gasteiger charge is 2.15. The summed E-state index contributed by atoms with van der Waals surface area (Å²) >= 11 is 1.86. The Kier molecular flexibility index (Phi) is 8.73. The van der Waals surface area contributed by atoms with Crippen molar-refractivity contribution in [3.63, 3.8) is 0 Å². The van der Waals surface area contributed by atoms with Gasteiger partial charge in [-0.2, -0.15) is 11.8 Å². The largest absolute Gasteiger partial charge is 0.395 e. The van der Waals surface area contributed by atoms with Gasteiger partial charge in [0.1, 0.15) is 0 Å². The van der Waals surface area contributed by atoms with Crippen LogP contribution in [0.1, 0.15) is 34.1 Å². The molecule has 3 heteroatoms. The molecule has 0 saturated heterocycles. The van der Waals surface area contributed by atoms with Crippen molar-refractivity contribution in [2.24, 2.45) is 5.92 Å². The maximum atomic E-state index is 8.93. The maximum Gasteiger partial charge on any atom is 0.0547 e. The number of aliphatic hydroxyl groups is 1. The summed E-state index contributed by atoms with van der Waals surface area (Å²) in [6.07, 6.45) is 1.21. The van der Waals surface area contributed by atoms with Gasteiger partial charge in [0.15, 0.2) is 0 Å². The van der Waals surface area contributed by atoms with E-state index >= 15 is 0 Å². The molecule has 0 radical (unpaired) electrons. The molecule has 0 heterocycles. The Labute approximate surface area is 92.9 Å². The molecule has 0 rings (SSSR count). The van der Waals surface area contributed by atoms with Crippen LogP contribution in [0.3, 0.4) is 0 Å². The van der Waals surface area contributed by atoms with Crippen molar-refractivity contribution in [2.75, 3.05) is 18.9 Å². The van der Waals surface area contributed by atoms with Gasteiger partial charge in [0.05, 0.1) is 6.61 Å². The summed E-state index contributed by atoms with van der Waals surface area (Å²) in [6.45, 7) is 10.1. The monoisotopic (exact) mass is 219 g/mol. The summed E-state index contributed by atoms with van der Waals surface area (Å²) < 4.78 is 0. The third-order valence-electron chi connectivity index (χ3n) is 2.61. The summed E-state index contributed by atoms with van der Waals surface area (Å²) in [4.78, 5) is 0. The SMILES string of the molecule is CCNC(CSC(C)CO)C(C)CC. The molecule has 2 N–H and O–H groups in total. The minimum Gasteiger partial charge on any atom is -0.395 e. The molecule has 0 amide bonds. The number of hydrogen-bond donors (Lipinski definition) is 2. The molecule has 3 atom stereocenters. The van der Waals surface area contributed by atoms with Gasteiger partial charge >= 0.3 is 0 Å². The zero-order valence-electron chi connectivity index (χ0n) is 9.92. The normalized spacial score (nSPS) is 17.8. The van der Waals surface area contributed by atoms with Gasteiger partial charge in [-0.15, -0.1) is 0 Å². The Balaban J connectivity index is 3.83. The van der Waals surface area contributed by atoms with Gasteiger partial charge in [0, 0.05) is 17.0 Å². The van der Waals surface area contributed by atoms with Gasteiger partial charge in [-0.05, 0) is 12.5 Å². The van der Waals surface area contributed by atoms with E-state index in [0.717, 1.165) is 12.3 Å². The predicted octanol–water partition coefficient (Wildman–Crippen LogP) is 2.12. The lowest BCUT2D eigenvalue weighted by Gasteiger charge is -2.24. The van der Waals surface area contributed by atoms with Gasteiger partial charge < -0.3 is 10.4 Å². The van der Waals surface area contributed by atoms with E-state index in [0.29, 0.717) is 17.2 Å². The Morgan fingerprint density at radius 3 is 2.36 bits per heavy atom. The van der Waals surface area contributed by atoms with E-state index in [1.165, 1.54) is 6.42 Å². The third-order valence-corrected chi connectivity index (χ3v) is 3.88. The molecule has 2 nitrogen and oxygen atoms in total. The standard InChI is InChI=1S/C11H25NOS/c1-5-9(3)11(12-6-2)8-14-10(4)7-13/h9-13H,5-8H2,1-4H3. The predicted molar refractivity (Wildman–Crippen MR) is 65.9 cm³/mol. The molecule has 0 bridgehead atoms. The topological polar surface area (TPSA) is 32.3 Å². The van der Waals surface area contributed by atoms with Crippen LogP contribution < -0.4 is 5.32 Å². The lowest BCUT2D eigenvalue weighted by molar-refractivity contribution is 0.299. The van der Waals surface area contributed by atoms with Crippen LogP contribution in [-0.2, 0) is 0 Å². The molecule has 0 fully saturated rings. The number of hydrogen-bond acceptors (Lipinski definition) is 3. The van der Waals surface area contributed by atoms with Gasteiger partial charge in [-0.3, -0.25) is 0 Å². The summed E-state index contributed by atoms with van der Waals surface area (Å²) in [6, 6.07) is 0.587. The van der Waals surface area contributed by atoms with E-state index < -0.39 is 0 Å². The van der Waals surface area contributed by atoms with E-state index in [9.17, 15) is 0 Å². The summed E-state index contributed by atoms with van der Waals surface area (Å²) in [5, 5.41) is 12.8. The molecule has 0 aliphatic rings. The Bertz CT molecular complexity index is 132. The molecule has 0 spiro atoms. The molecular formula is C11H25NOS. The highest BCUT2D eigenvalue weighted by atomic mass is 32.2. The number of nitrogens with one attached hydrogen (secondary N) is 1. The fourth-order valence-corrected chi connectivity index (χ4v) is 2.38. The molecular weight excluding hydrogens is 194 g/mol. The van der Waals surface area contributed by atoms with Crippen molar-refractivity contribution in [2.45, 2.75) is 45.4 Å². The first kappa shape index (κ1) is 14.3. The molecule has 0 aromatic carbocycles. The summed E-state index contributed by atoms with van der Waals surface area (Å²) in [7, 11) is 0. The van der Waals surface area contributed by atoms with Gasteiger partial charge in [0.2, 0.25) is 0 Å². The average Bonchev–Trinajstić information content (AvgIpc) is 2.22. The molecule has 14 heavy (non-hydrogen) atoms. The van der Waals surface area contributed by atoms with E-state index in [1.807, 2.05) is 11.8 Å². The fourth-order valence-electron chi connectivity index (χ4n) is 1.29. The fraction of sp³-hybridized carbons (Fsp3) is 1.00. The third kappa shape index (κ3) is 5.89. The van der Waals surface area contributed by atoms with Crippen molar-refractivity contribution in [3.8, 4) is 0 Å². The van der Waals surface area contributed by atoms with Crippen molar-refractivity contribution >= 4 is 11.8 Å². The van der Waals surface area contributed by atoms with Gasteiger partial charge in [0.25, 0.3) is 0 Å². The zero-order chi connectivity index (χ0) is 11.0. The first-order valence-electron chi connectivity index (χ1n) is 5.61. The zero-order valence-corrected chi connectivity index (χ0v) is 10.7. The van der Waals surface area contributed by atoms with Gasteiger partial charge in [-0.1, -0.05) is 34.1 Å². The molecule has 0 aliphatic heterocycles. The lowest BCUT2D eigenvalue weighted by Crippen LogP contribution is -2.37. The summed E-state index contributed by atoms with van der Waals surface area (Å²) in [5.41, 5.74) is 0. The molecule has 3 unspecified atom stereocenters. The second-order valence-electron chi connectivity index (χ2n) is 3.88. The van der Waals surface area contributed by atoms with Crippen LogP contribution in [0.15, 0.2) is 0 Å². The molecule has 0 saturated carbocycles. The van der Waals surface area contributed by atoms with Crippen molar-refractivity contribution < 1.29 is 5.11 Å². The number of rotatable bonds is 8. The van der Waals surface area contributed by atoms with Crippen molar-refractivity contribution in [3.05, 3.63) is 0 Å². The molecule has 86 valence electrons. The van der Waals surface area contributed by atoms with Crippen LogP contribution in [0.25, 0.3) is 0 Å². The maximum absolute atomic E-state index is 8.93. The molecule has 0 aromatic heterocycles. The molecule has 0 aliphatic carbocycles. The second kappa shape index (κ2) is 8.57. The number of thioether (sulfide) groups is 1. The first-order chi connectivity index (χ1) is 6.65. The Morgan fingerprint density at radius 2 is 1.93 bits per heavy atom. The van der Waals surface area contributed by atoms with E-state index in [1.54, 1.807) is 0 Å². The van der Waals surface area contributed by atoms with Crippen LogP contribution in [0.2, 0.25) is 0 Å². The number of aliphatic hydroxyl groups excluding tert-OH is 1. The first-order valence-corrected chi connectivity index (χ1v) is 6.66. The van der Waals surface area contributed by atoms with E-state index in [4.69, 9.17) is 5.11 Å².